The van der Waals surface area contributed by atoms with Gasteiger partial charge in [0.05, 0.1) is 0 Å². The lowest BCUT2D eigenvalue weighted by Crippen LogP contribution is -2.16. The highest BCUT2D eigenvalue weighted by molar-refractivity contribution is 5.93. The summed E-state index contributed by atoms with van der Waals surface area (Å²) in [6, 6.07) is 1.27. The van der Waals surface area contributed by atoms with Gasteiger partial charge in [-0.15, -0.1) is 0 Å². The summed E-state index contributed by atoms with van der Waals surface area (Å²) in [4.78, 5) is 29.3. The fourth-order valence-corrected chi connectivity index (χ4v) is 1.10. The van der Waals surface area contributed by atoms with Crippen molar-refractivity contribution in [1.82, 2.24) is 9.97 Å². The number of amides is 1. The van der Waals surface area contributed by atoms with E-state index in [2.05, 4.69) is 15.3 Å². The van der Waals surface area contributed by atoms with Crippen molar-refractivity contribution < 1.29 is 14.7 Å². The molecule has 1 aliphatic carbocycles. The van der Waals surface area contributed by atoms with E-state index in [1.165, 1.54) is 12.3 Å². The van der Waals surface area contributed by atoms with E-state index in [-0.39, 0.29) is 23.5 Å². The van der Waals surface area contributed by atoms with Gasteiger partial charge in [-0.2, -0.15) is 0 Å². The van der Waals surface area contributed by atoms with Crippen LogP contribution in [0.5, 0.6) is 0 Å². The standard InChI is InChI=1S/C9H9N3O3/c13-7(5-1-2-5)12-9-10-4-3-6(11-9)8(14)15/h3-5H,1-2H2,(H,14,15)(H,10,11,12,13). The van der Waals surface area contributed by atoms with Gasteiger partial charge in [-0.1, -0.05) is 0 Å². The fourth-order valence-electron chi connectivity index (χ4n) is 1.10. The van der Waals surface area contributed by atoms with E-state index in [0.29, 0.717) is 0 Å². The van der Waals surface area contributed by atoms with Gasteiger partial charge >= 0.3 is 5.97 Å². The van der Waals surface area contributed by atoms with Gasteiger partial charge in [0.2, 0.25) is 11.9 Å². The molecule has 6 heteroatoms. The zero-order valence-corrected chi connectivity index (χ0v) is 7.80. The van der Waals surface area contributed by atoms with Crippen molar-refractivity contribution in [3.63, 3.8) is 0 Å². The maximum absolute atomic E-state index is 11.3. The molecular weight excluding hydrogens is 198 g/mol. The summed E-state index contributed by atoms with van der Waals surface area (Å²) in [7, 11) is 0. The Kier molecular flexibility index (Phi) is 2.32. The summed E-state index contributed by atoms with van der Waals surface area (Å²) >= 11 is 0. The average molecular weight is 207 g/mol. The van der Waals surface area contributed by atoms with Gasteiger partial charge in [0.25, 0.3) is 0 Å². The third-order valence-electron chi connectivity index (χ3n) is 2.06. The molecule has 1 aromatic rings. The van der Waals surface area contributed by atoms with Gasteiger partial charge in [0, 0.05) is 12.1 Å². The molecule has 6 nitrogen and oxygen atoms in total. The monoisotopic (exact) mass is 207 g/mol. The molecule has 1 aromatic heterocycles. The summed E-state index contributed by atoms with van der Waals surface area (Å²) in [5, 5.41) is 11.1. The van der Waals surface area contributed by atoms with Crippen LogP contribution in [-0.2, 0) is 4.79 Å². The molecule has 1 saturated carbocycles. The Morgan fingerprint density at radius 3 is 2.80 bits per heavy atom. The number of hydrogen-bond acceptors (Lipinski definition) is 4. The highest BCUT2D eigenvalue weighted by Gasteiger charge is 2.30. The smallest absolute Gasteiger partial charge is 0.354 e. The minimum atomic E-state index is -1.14. The molecule has 0 saturated heterocycles. The van der Waals surface area contributed by atoms with Crippen LogP contribution in [0.2, 0.25) is 0 Å². The molecule has 2 N–H and O–H groups in total. The van der Waals surface area contributed by atoms with Crippen molar-refractivity contribution in [2.75, 3.05) is 5.32 Å². The zero-order valence-electron chi connectivity index (χ0n) is 7.80. The highest BCUT2D eigenvalue weighted by atomic mass is 16.4. The molecule has 78 valence electrons. The molecule has 0 aromatic carbocycles. The molecule has 0 atom stereocenters. The molecule has 0 spiro atoms. The number of aromatic carboxylic acids is 1. The van der Waals surface area contributed by atoms with E-state index < -0.39 is 5.97 Å². The Balaban J connectivity index is 2.10. The summed E-state index contributed by atoms with van der Waals surface area (Å²) in [5.74, 6) is -1.19. The van der Waals surface area contributed by atoms with E-state index in [1.54, 1.807) is 0 Å². The van der Waals surface area contributed by atoms with Gasteiger partial charge in [0.15, 0.2) is 5.69 Å². The van der Waals surface area contributed by atoms with E-state index in [0.717, 1.165) is 12.8 Å². The number of carboxylic acid groups (broad SMARTS) is 1. The quantitative estimate of drug-likeness (QED) is 0.753. The van der Waals surface area contributed by atoms with Crippen molar-refractivity contribution in [2.24, 2.45) is 5.92 Å². The van der Waals surface area contributed by atoms with E-state index in [1.807, 2.05) is 0 Å². The van der Waals surface area contributed by atoms with Crippen molar-refractivity contribution in [3.05, 3.63) is 18.0 Å². The van der Waals surface area contributed by atoms with Crippen molar-refractivity contribution in [3.8, 4) is 0 Å². The first-order chi connectivity index (χ1) is 7.16. The fraction of sp³-hybridized carbons (Fsp3) is 0.333. The lowest BCUT2D eigenvalue weighted by molar-refractivity contribution is -0.117. The Labute approximate surface area is 85.4 Å². The molecule has 2 rings (SSSR count). The van der Waals surface area contributed by atoms with Gasteiger partial charge in [-0.3, -0.25) is 10.1 Å². The SMILES string of the molecule is O=C(O)c1ccnc(NC(=O)C2CC2)n1. The molecule has 1 fully saturated rings. The second kappa shape index (κ2) is 3.64. The summed E-state index contributed by atoms with van der Waals surface area (Å²) < 4.78 is 0. The van der Waals surface area contributed by atoms with Crippen LogP contribution in [-0.4, -0.2) is 27.0 Å². The van der Waals surface area contributed by atoms with Crippen LogP contribution in [0.4, 0.5) is 5.95 Å². The number of carboxylic acids is 1. The topological polar surface area (TPSA) is 92.2 Å². The molecule has 0 unspecified atom stereocenters. The van der Waals surface area contributed by atoms with E-state index in [4.69, 9.17) is 5.11 Å². The second-order valence-electron chi connectivity index (χ2n) is 3.33. The minimum absolute atomic E-state index is 0.0436. The van der Waals surface area contributed by atoms with Crippen LogP contribution in [0, 0.1) is 5.92 Å². The van der Waals surface area contributed by atoms with Gasteiger partial charge in [0.1, 0.15) is 0 Å². The number of carbonyl (C=O) groups excluding carboxylic acids is 1. The van der Waals surface area contributed by atoms with E-state index >= 15 is 0 Å². The predicted molar refractivity (Wildman–Crippen MR) is 50.3 cm³/mol. The van der Waals surface area contributed by atoms with Crippen molar-refractivity contribution >= 4 is 17.8 Å². The molecular formula is C9H9N3O3. The Hall–Kier alpha value is -1.98. The van der Waals surface area contributed by atoms with Gasteiger partial charge < -0.3 is 5.11 Å². The minimum Gasteiger partial charge on any atom is -0.477 e. The van der Waals surface area contributed by atoms with E-state index in [9.17, 15) is 9.59 Å². The van der Waals surface area contributed by atoms with Crippen LogP contribution in [0.1, 0.15) is 23.3 Å². The number of anilines is 1. The van der Waals surface area contributed by atoms with Crippen LogP contribution in [0.15, 0.2) is 12.3 Å². The molecule has 1 aliphatic rings. The lowest BCUT2D eigenvalue weighted by Gasteiger charge is -2.01. The summed E-state index contributed by atoms with van der Waals surface area (Å²) in [6.45, 7) is 0. The second-order valence-corrected chi connectivity index (χ2v) is 3.33. The Bertz CT molecular complexity index is 415. The van der Waals surface area contributed by atoms with Crippen molar-refractivity contribution in [2.45, 2.75) is 12.8 Å². The number of hydrogen-bond donors (Lipinski definition) is 2. The van der Waals surface area contributed by atoms with Crippen molar-refractivity contribution in [1.29, 1.82) is 0 Å². The van der Waals surface area contributed by atoms with Crippen LogP contribution in [0.25, 0.3) is 0 Å². The summed E-state index contributed by atoms with van der Waals surface area (Å²) in [6.07, 6.45) is 3.06. The molecule has 0 bridgehead atoms. The Morgan fingerprint density at radius 1 is 1.47 bits per heavy atom. The van der Waals surface area contributed by atoms with Gasteiger partial charge in [-0.25, -0.2) is 14.8 Å². The largest absolute Gasteiger partial charge is 0.477 e. The normalized spacial score (nSPS) is 14.7. The highest BCUT2D eigenvalue weighted by Crippen LogP contribution is 2.29. The first kappa shape index (κ1) is 9.57. The first-order valence-corrected chi connectivity index (χ1v) is 4.54. The summed E-state index contributed by atoms with van der Waals surface area (Å²) in [5.41, 5.74) is -0.129. The lowest BCUT2D eigenvalue weighted by atomic mass is 10.4. The number of nitrogens with zero attached hydrogens (tertiary/aromatic N) is 2. The van der Waals surface area contributed by atoms with Crippen LogP contribution >= 0.6 is 0 Å². The third kappa shape index (κ3) is 2.28. The van der Waals surface area contributed by atoms with Gasteiger partial charge in [-0.05, 0) is 18.9 Å². The molecule has 1 amide bonds. The number of nitrogens with one attached hydrogen (secondary N) is 1. The van der Waals surface area contributed by atoms with Crippen LogP contribution in [0.3, 0.4) is 0 Å². The third-order valence-corrected chi connectivity index (χ3v) is 2.06. The maximum Gasteiger partial charge on any atom is 0.354 e. The Morgan fingerprint density at radius 2 is 2.20 bits per heavy atom. The molecule has 15 heavy (non-hydrogen) atoms. The number of rotatable bonds is 3. The predicted octanol–water partition coefficient (Wildman–Crippen LogP) is 0.523. The number of carbonyl (C=O) groups is 2. The molecule has 0 radical (unpaired) electrons. The van der Waals surface area contributed by atoms with Crippen LogP contribution < -0.4 is 5.32 Å². The first-order valence-electron chi connectivity index (χ1n) is 4.54. The number of aromatic nitrogens is 2. The maximum atomic E-state index is 11.3. The molecule has 1 heterocycles. The zero-order chi connectivity index (χ0) is 10.8. The average Bonchev–Trinajstić information content (AvgIpc) is 3.01. The molecule has 0 aliphatic heterocycles.